The molecule has 0 heterocycles. The minimum absolute atomic E-state index is 0.0181. The third-order valence-electron chi connectivity index (χ3n) is 5.02. The van der Waals surface area contributed by atoms with Crippen LogP contribution in [-0.2, 0) is 14.3 Å². The first kappa shape index (κ1) is 26.0. The number of carbonyl (C=O) groups is 3. The average molecular weight is 490 g/mol. The fraction of sp³-hybridized carbons (Fsp3) is 0.148. The molecule has 186 valence electrons. The maximum Gasteiger partial charge on any atom is 0.414 e. The summed E-state index contributed by atoms with van der Waals surface area (Å²) in [7, 11) is 0. The van der Waals surface area contributed by atoms with E-state index in [4.69, 9.17) is 15.2 Å². The van der Waals surface area contributed by atoms with Crippen LogP contribution in [0.4, 0.5) is 16.2 Å². The topological polar surface area (TPSA) is 140 Å². The van der Waals surface area contributed by atoms with Crippen molar-refractivity contribution in [3.8, 4) is 5.75 Å². The number of nitrogens with one attached hydrogen (secondary N) is 2. The second kappa shape index (κ2) is 12.7. The zero-order chi connectivity index (χ0) is 25.9. The Morgan fingerprint density at radius 1 is 0.972 bits per heavy atom. The van der Waals surface area contributed by atoms with Gasteiger partial charge in [-0.1, -0.05) is 42.5 Å². The second-order valence-electron chi connectivity index (χ2n) is 7.59. The maximum absolute atomic E-state index is 12.6. The Morgan fingerprint density at radius 3 is 2.31 bits per heavy atom. The number of nitrogen functional groups attached to an aromatic ring is 1. The van der Waals surface area contributed by atoms with E-state index in [1.54, 1.807) is 73.7 Å². The Labute approximate surface area is 208 Å². The zero-order valence-corrected chi connectivity index (χ0v) is 19.6. The molecule has 0 bridgehead atoms. The fourth-order valence-corrected chi connectivity index (χ4v) is 3.29. The highest BCUT2D eigenvalue weighted by Gasteiger charge is 2.27. The first-order chi connectivity index (χ1) is 17.4. The van der Waals surface area contributed by atoms with Gasteiger partial charge in [-0.2, -0.15) is 0 Å². The van der Waals surface area contributed by atoms with Crippen LogP contribution in [0.3, 0.4) is 0 Å². The largest absolute Gasteiger partial charge is 0.508 e. The molecule has 0 saturated carbocycles. The van der Waals surface area contributed by atoms with Crippen LogP contribution >= 0.6 is 0 Å². The average Bonchev–Trinajstić information content (AvgIpc) is 2.88. The highest BCUT2D eigenvalue weighted by Crippen LogP contribution is 2.27. The van der Waals surface area contributed by atoms with Gasteiger partial charge in [-0.05, 0) is 55.0 Å². The minimum Gasteiger partial charge on any atom is -0.508 e. The van der Waals surface area contributed by atoms with E-state index in [1.807, 2.05) is 0 Å². The fourth-order valence-electron chi connectivity index (χ4n) is 3.29. The van der Waals surface area contributed by atoms with Gasteiger partial charge in [0.1, 0.15) is 11.9 Å². The number of rotatable bonds is 9. The van der Waals surface area contributed by atoms with E-state index in [1.165, 1.54) is 24.3 Å². The van der Waals surface area contributed by atoms with Crippen molar-refractivity contribution in [3.63, 3.8) is 0 Å². The van der Waals surface area contributed by atoms with Gasteiger partial charge in [-0.25, -0.2) is 4.79 Å². The summed E-state index contributed by atoms with van der Waals surface area (Å²) in [5.41, 5.74) is 7.49. The number of carbonyl (C=O) groups excluding carboxylic acids is 3. The second-order valence-corrected chi connectivity index (χ2v) is 7.59. The third kappa shape index (κ3) is 7.44. The normalized spacial score (nSPS) is 12.5. The first-order valence-corrected chi connectivity index (χ1v) is 11.2. The van der Waals surface area contributed by atoms with E-state index >= 15 is 0 Å². The lowest BCUT2D eigenvalue weighted by Gasteiger charge is -2.25. The molecule has 0 spiro atoms. The summed E-state index contributed by atoms with van der Waals surface area (Å²) < 4.78 is 11.3. The van der Waals surface area contributed by atoms with Crippen molar-refractivity contribution in [3.05, 3.63) is 102 Å². The van der Waals surface area contributed by atoms with E-state index in [9.17, 15) is 19.5 Å². The molecular weight excluding hydrogens is 462 g/mol. The summed E-state index contributed by atoms with van der Waals surface area (Å²) in [4.78, 5) is 37.5. The van der Waals surface area contributed by atoms with Crippen molar-refractivity contribution in [1.29, 1.82) is 0 Å². The molecule has 9 nitrogen and oxygen atoms in total. The van der Waals surface area contributed by atoms with Gasteiger partial charge >= 0.3 is 6.09 Å². The Morgan fingerprint density at radius 2 is 1.64 bits per heavy atom. The van der Waals surface area contributed by atoms with Crippen LogP contribution in [-0.4, -0.2) is 35.7 Å². The van der Waals surface area contributed by atoms with Crippen molar-refractivity contribution < 1.29 is 29.0 Å². The predicted octanol–water partition coefficient (Wildman–Crippen LogP) is 4.18. The number of amides is 3. The Bertz CT molecular complexity index is 1210. The number of hydrogen-bond donors (Lipinski definition) is 4. The quantitative estimate of drug-likeness (QED) is 0.261. The van der Waals surface area contributed by atoms with Crippen LogP contribution in [0, 0.1) is 0 Å². The zero-order valence-electron chi connectivity index (χ0n) is 19.6. The molecule has 3 rings (SSSR count). The predicted molar refractivity (Wildman–Crippen MR) is 135 cm³/mol. The van der Waals surface area contributed by atoms with E-state index in [-0.39, 0.29) is 17.9 Å². The number of phenols is 1. The molecule has 0 aliphatic rings. The van der Waals surface area contributed by atoms with Gasteiger partial charge in [0.25, 0.3) is 5.91 Å². The molecule has 0 aliphatic carbocycles. The number of anilines is 2. The number of alkyl carbamates (subject to hydrolysis) is 1. The van der Waals surface area contributed by atoms with Crippen LogP contribution in [0.2, 0.25) is 0 Å². The van der Waals surface area contributed by atoms with Crippen molar-refractivity contribution in [2.75, 3.05) is 17.7 Å². The van der Waals surface area contributed by atoms with Gasteiger partial charge in [0.2, 0.25) is 5.91 Å². The maximum atomic E-state index is 12.6. The van der Waals surface area contributed by atoms with Gasteiger partial charge in [0.15, 0.2) is 6.10 Å². The summed E-state index contributed by atoms with van der Waals surface area (Å²) in [6.45, 7) is 1.99. The number of ether oxygens (including phenoxy) is 2. The van der Waals surface area contributed by atoms with Crippen molar-refractivity contribution in [2.45, 2.75) is 19.1 Å². The summed E-state index contributed by atoms with van der Waals surface area (Å²) >= 11 is 0. The van der Waals surface area contributed by atoms with Crippen molar-refractivity contribution in [1.82, 2.24) is 5.32 Å². The summed E-state index contributed by atoms with van der Waals surface area (Å²) in [5.74, 6) is -1.08. The molecule has 9 heteroatoms. The molecule has 0 aromatic heterocycles. The number of aromatic hydroxyl groups is 1. The van der Waals surface area contributed by atoms with Crippen LogP contribution in [0.15, 0.2) is 91.0 Å². The highest BCUT2D eigenvalue weighted by atomic mass is 16.6. The monoisotopic (exact) mass is 489 g/mol. The van der Waals surface area contributed by atoms with E-state index in [0.29, 0.717) is 16.9 Å². The molecule has 5 N–H and O–H groups in total. The first-order valence-electron chi connectivity index (χ1n) is 11.2. The van der Waals surface area contributed by atoms with E-state index < -0.39 is 30.1 Å². The molecule has 2 atom stereocenters. The smallest absolute Gasteiger partial charge is 0.414 e. The molecule has 3 amide bonds. The molecule has 36 heavy (non-hydrogen) atoms. The van der Waals surface area contributed by atoms with Crippen LogP contribution in [0.1, 0.15) is 28.9 Å². The lowest BCUT2D eigenvalue weighted by Crippen LogP contribution is -2.35. The molecule has 3 aromatic carbocycles. The Hall–Kier alpha value is -4.63. The third-order valence-corrected chi connectivity index (χ3v) is 5.02. The lowest BCUT2D eigenvalue weighted by atomic mass is 10.0. The standard InChI is InChI=1S/C27H27N3O6/c1-2-35-23(16-17-24(32)29-22-11-7-6-10-21(22)28)25(18-12-14-20(31)15-13-18)36-27(34)30-26(33)19-8-4-3-5-9-19/h3-17,23,25,31H,2,28H2,1H3,(H,29,32)(H,30,33,34)/b17-16+/t23-,25-/m1/s1. The van der Waals surface area contributed by atoms with Gasteiger partial charge in [-0.3, -0.25) is 14.9 Å². The number of imide groups is 1. The summed E-state index contributed by atoms with van der Waals surface area (Å²) in [6, 6.07) is 21.0. The molecule has 0 fully saturated rings. The van der Waals surface area contributed by atoms with Crippen LogP contribution < -0.4 is 16.4 Å². The number of phenolic OH excluding ortho intramolecular Hbond substituents is 1. The molecule has 3 aromatic rings. The molecule has 0 saturated heterocycles. The lowest BCUT2D eigenvalue weighted by molar-refractivity contribution is -0.112. The van der Waals surface area contributed by atoms with Gasteiger partial charge in [0, 0.05) is 18.2 Å². The molecule has 0 radical (unpaired) electrons. The number of benzene rings is 3. The van der Waals surface area contributed by atoms with Gasteiger partial charge in [0.05, 0.1) is 11.4 Å². The van der Waals surface area contributed by atoms with Crippen molar-refractivity contribution >= 4 is 29.3 Å². The highest BCUT2D eigenvalue weighted by molar-refractivity contribution is 6.03. The van der Waals surface area contributed by atoms with Crippen LogP contribution in [0.25, 0.3) is 0 Å². The van der Waals surface area contributed by atoms with Crippen LogP contribution in [0.5, 0.6) is 5.75 Å². The SMILES string of the molecule is CCO[C@H](/C=C/C(=O)Nc1ccccc1N)[C@H](OC(=O)NC(=O)c1ccccc1)c1ccc(O)cc1. The molecule has 0 aliphatic heterocycles. The summed E-state index contributed by atoms with van der Waals surface area (Å²) in [6.07, 6.45) is -0.240. The van der Waals surface area contributed by atoms with E-state index in [0.717, 1.165) is 0 Å². The number of para-hydroxylation sites is 2. The van der Waals surface area contributed by atoms with E-state index in [2.05, 4.69) is 10.6 Å². The van der Waals surface area contributed by atoms with Gasteiger partial charge in [-0.15, -0.1) is 0 Å². The van der Waals surface area contributed by atoms with Gasteiger partial charge < -0.3 is 25.6 Å². The minimum atomic E-state index is -1.04. The Kier molecular flexibility index (Phi) is 9.19. The number of hydrogen-bond acceptors (Lipinski definition) is 7. The van der Waals surface area contributed by atoms with Crippen molar-refractivity contribution in [2.24, 2.45) is 0 Å². The molecule has 0 unspecified atom stereocenters. The molecular formula is C27H27N3O6. The Balaban J connectivity index is 1.79. The number of nitrogens with two attached hydrogens (primary N) is 1. The summed E-state index contributed by atoms with van der Waals surface area (Å²) in [5, 5.41) is 14.5.